The van der Waals surface area contributed by atoms with Gasteiger partial charge >= 0.3 is 0 Å². The molecule has 1 atom stereocenters. The van der Waals surface area contributed by atoms with Crippen molar-refractivity contribution in [2.75, 3.05) is 27.6 Å². The summed E-state index contributed by atoms with van der Waals surface area (Å²) in [6.45, 7) is 5.24. The van der Waals surface area contributed by atoms with E-state index in [-0.39, 0.29) is 18.6 Å². The molecule has 3 aliphatic heterocycles. The van der Waals surface area contributed by atoms with E-state index in [0.717, 1.165) is 46.9 Å². The standard InChI is InChI=1S/C26H29NO5/c1-15(2)9-18(28)12-21-25-17(5-6-22(29-3)26(25)30-4)10-20-19-13-24-23(31-14-32-24)11-16(19)7-8-27(20)21/h5-6,10-11,13,15,21H,7-9,12,14H2,1-4H3. The molecule has 0 aromatic heterocycles. The molecule has 2 aromatic rings. The van der Waals surface area contributed by atoms with Crippen molar-refractivity contribution in [3.8, 4) is 23.0 Å². The van der Waals surface area contributed by atoms with E-state index in [1.165, 1.54) is 5.56 Å². The molecule has 0 aliphatic carbocycles. The number of Topliss-reactive ketones (excluding diaryl/α,β-unsaturated/α-hetero) is 1. The average Bonchev–Trinajstić information content (AvgIpc) is 3.23. The molecule has 2 aromatic carbocycles. The number of ketones is 1. The average molecular weight is 436 g/mol. The van der Waals surface area contributed by atoms with Gasteiger partial charge in [0.2, 0.25) is 6.79 Å². The number of ether oxygens (including phenoxy) is 4. The van der Waals surface area contributed by atoms with E-state index in [1.54, 1.807) is 14.2 Å². The molecular weight excluding hydrogens is 406 g/mol. The fourth-order valence-electron chi connectivity index (χ4n) is 5.14. The molecule has 0 radical (unpaired) electrons. The molecule has 3 heterocycles. The molecular formula is C26H29NO5. The van der Waals surface area contributed by atoms with Gasteiger partial charge in [-0.25, -0.2) is 0 Å². The van der Waals surface area contributed by atoms with Gasteiger partial charge in [0.25, 0.3) is 0 Å². The number of methoxy groups -OCH3 is 2. The van der Waals surface area contributed by atoms with Gasteiger partial charge in [-0.1, -0.05) is 19.9 Å². The van der Waals surface area contributed by atoms with Crippen molar-refractivity contribution < 1.29 is 23.7 Å². The smallest absolute Gasteiger partial charge is 0.231 e. The summed E-state index contributed by atoms with van der Waals surface area (Å²) < 4.78 is 22.6. The lowest BCUT2D eigenvalue weighted by atomic mass is 9.83. The first-order valence-corrected chi connectivity index (χ1v) is 11.2. The SMILES string of the molecule is COc1ccc2c(c1OC)C(CC(=O)CC(C)C)N1CCc3cc4c(cc3C1=C2)OCO4. The van der Waals surface area contributed by atoms with Crippen LogP contribution in [0.2, 0.25) is 0 Å². The van der Waals surface area contributed by atoms with Crippen LogP contribution in [0.15, 0.2) is 24.3 Å². The highest BCUT2D eigenvalue weighted by atomic mass is 16.7. The molecule has 0 bridgehead atoms. The Labute approximate surface area is 188 Å². The molecule has 3 aliphatic rings. The van der Waals surface area contributed by atoms with E-state index < -0.39 is 0 Å². The third kappa shape index (κ3) is 3.38. The second-order valence-electron chi connectivity index (χ2n) is 9.00. The maximum Gasteiger partial charge on any atom is 0.231 e. The number of hydrogen-bond donors (Lipinski definition) is 0. The summed E-state index contributed by atoms with van der Waals surface area (Å²) in [5.41, 5.74) is 5.58. The summed E-state index contributed by atoms with van der Waals surface area (Å²) in [4.78, 5) is 15.4. The van der Waals surface area contributed by atoms with Crippen LogP contribution in [0.1, 0.15) is 55.0 Å². The zero-order chi connectivity index (χ0) is 22.4. The van der Waals surface area contributed by atoms with Crippen LogP contribution in [0.4, 0.5) is 0 Å². The van der Waals surface area contributed by atoms with Gasteiger partial charge in [-0.2, -0.15) is 0 Å². The quantitative estimate of drug-likeness (QED) is 0.647. The van der Waals surface area contributed by atoms with Crippen LogP contribution >= 0.6 is 0 Å². The lowest BCUT2D eigenvalue weighted by Gasteiger charge is -2.43. The van der Waals surface area contributed by atoms with Crippen molar-refractivity contribution in [1.82, 2.24) is 4.90 Å². The minimum absolute atomic E-state index is 0.111. The van der Waals surface area contributed by atoms with Crippen LogP contribution in [-0.2, 0) is 11.2 Å². The predicted molar refractivity (Wildman–Crippen MR) is 122 cm³/mol. The van der Waals surface area contributed by atoms with Crippen molar-refractivity contribution in [1.29, 1.82) is 0 Å². The van der Waals surface area contributed by atoms with Crippen LogP contribution in [0, 0.1) is 5.92 Å². The molecule has 0 amide bonds. The molecule has 6 nitrogen and oxygen atoms in total. The summed E-state index contributed by atoms with van der Waals surface area (Å²) in [7, 11) is 3.31. The van der Waals surface area contributed by atoms with Gasteiger partial charge < -0.3 is 23.8 Å². The number of carbonyl (C=O) groups excluding carboxylic acids is 1. The third-order valence-corrected chi connectivity index (χ3v) is 6.48. The first-order chi connectivity index (χ1) is 15.5. The minimum atomic E-state index is -0.111. The lowest BCUT2D eigenvalue weighted by Crippen LogP contribution is -2.37. The van der Waals surface area contributed by atoms with E-state index in [9.17, 15) is 4.79 Å². The molecule has 0 N–H and O–H groups in total. The van der Waals surface area contributed by atoms with Gasteiger partial charge in [-0.3, -0.25) is 4.79 Å². The Bertz CT molecular complexity index is 1100. The number of rotatable bonds is 6. The number of benzene rings is 2. The zero-order valence-corrected chi connectivity index (χ0v) is 19.1. The van der Waals surface area contributed by atoms with Crippen molar-refractivity contribution in [2.24, 2.45) is 5.92 Å². The second-order valence-corrected chi connectivity index (χ2v) is 9.00. The van der Waals surface area contributed by atoms with Gasteiger partial charge in [0.05, 0.1) is 20.3 Å². The number of fused-ring (bicyclic) bond motifs is 5. The predicted octanol–water partition coefficient (Wildman–Crippen LogP) is 4.85. The number of carbonyl (C=O) groups is 1. The fourth-order valence-corrected chi connectivity index (χ4v) is 5.14. The van der Waals surface area contributed by atoms with Gasteiger partial charge in [0.1, 0.15) is 5.78 Å². The first kappa shape index (κ1) is 20.7. The second kappa shape index (κ2) is 8.08. The summed E-state index contributed by atoms with van der Waals surface area (Å²) in [5, 5.41) is 0. The van der Waals surface area contributed by atoms with E-state index in [2.05, 4.69) is 43.0 Å². The fraction of sp³-hybridized carbons (Fsp3) is 0.423. The summed E-state index contributed by atoms with van der Waals surface area (Å²) in [6.07, 6.45) is 4.08. The molecule has 0 saturated heterocycles. The highest BCUT2D eigenvalue weighted by molar-refractivity contribution is 5.89. The Balaban J connectivity index is 1.65. The Hall–Kier alpha value is -3.15. The minimum Gasteiger partial charge on any atom is -0.493 e. The molecule has 32 heavy (non-hydrogen) atoms. The highest BCUT2D eigenvalue weighted by Crippen LogP contribution is 2.50. The monoisotopic (exact) mass is 435 g/mol. The van der Waals surface area contributed by atoms with Crippen molar-refractivity contribution >= 4 is 17.6 Å². The Morgan fingerprint density at radius 3 is 2.66 bits per heavy atom. The van der Waals surface area contributed by atoms with E-state index in [0.29, 0.717) is 30.3 Å². The molecule has 168 valence electrons. The summed E-state index contributed by atoms with van der Waals surface area (Å²) >= 11 is 0. The van der Waals surface area contributed by atoms with E-state index in [1.807, 2.05) is 6.07 Å². The Kier molecular flexibility index (Phi) is 5.24. The summed E-state index contributed by atoms with van der Waals surface area (Å²) in [6, 6.07) is 8.05. The molecule has 0 saturated carbocycles. The maximum absolute atomic E-state index is 13.0. The molecule has 1 unspecified atom stereocenters. The highest BCUT2D eigenvalue weighted by Gasteiger charge is 2.37. The van der Waals surface area contributed by atoms with Crippen LogP contribution < -0.4 is 18.9 Å². The summed E-state index contributed by atoms with van der Waals surface area (Å²) in [5.74, 6) is 3.57. The van der Waals surface area contributed by atoms with Gasteiger partial charge in [0.15, 0.2) is 23.0 Å². The molecule has 5 rings (SSSR count). The number of nitrogens with zero attached hydrogens (tertiary/aromatic N) is 1. The largest absolute Gasteiger partial charge is 0.493 e. The Morgan fingerprint density at radius 1 is 1.16 bits per heavy atom. The molecule has 0 fully saturated rings. The van der Waals surface area contributed by atoms with Gasteiger partial charge in [-0.15, -0.1) is 0 Å². The lowest BCUT2D eigenvalue weighted by molar-refractivity contribution is -0.120. The van der Waals surface area contributed by atoms with Gasteiger partial charge in [-0.05, 0) is 47.7 Å². The first-order valence-electron chi connectivity index (χ1n) is 11.2. The van der Waals surface area contributed by atoms with Crippen LogP contribution in [0.3, 0.4) is 0 Å². The Morgan fingerprint density at radius 2 is 1.94 bits per heavy atom. The zero-order valence-electron chi connectivity index (χ0n) is 19.1. The third-order valence-electron chi connectivity index (χ3n) is 6.48. The van der Waals surface area contributed by atoms with Crippen molar-refractivity contribution in [2.45, 2.75) is 39.2 Å². The van der Waals surface area contributed by atoms with Crippen molar-refractivity contribution in [3.63, 3.8) is 0 Å². The molecule has 6 heteroatoms. The normalized spacial score (nSPS) is 18.0. The van der Waals surface area contributed by atoms with E-state index in [4.69, 9.17) is 18.9 Å². The molecule has 0 spiro atoms. The van der Waals surface area contributed by atoms with Crippen molar-refractivity contribution in [3.05, 3.63) is 46.5 Å². The van der Waals surface area contributed by atoms with E-state index >= 15 is 0 Å². The van der Waals surface area contributed by atoms with Crippen LogP contribution in [0.25, 0.3) is 11.8 Å². The maximum atomic E-state index is 13.0. The van der Waals surface area contributed by atoms with Gasteiger partial charge in [0, 0.05) is 36.2 Å². The topological polar surface area (TPSA) is 57.2 Å². The van der Waals surface area contributed by atoms with Crippen LogP contribution in [0.5, 0.6) is 23.0 Å². The van der Waals surface area contributed by atoms with Crippen LogP contribution in [-0.4, -0.2) is 38.2 Å². The number of hydrogen-bond acceptors (Lipinski definition) is 6.